The second-order valence-electron chi connectivity index (χ2n) is 5.16. The first-order chi connectivity index (χ1) is 8.97. The maximum atomic E-state index is 12.6. The van der Waals surface area contributed by atoms with E-state index in [1.165, 1.54) is 0 Å². The van der Waals surface area contributed by atoms with Gasteiger partial charge in [-0.15, -0.1) is 0 Å². The van der Waals surface area contributed by atoms with Crippen LogP contribution < -0.4 is 5.32 Å². The Morgan fingerprint density at radius 1 is 1.21 bits per heavy atom. The highest BCUT2D eigenvalue weighted by Crippen LogP contribution is 2.39. The van der Waals surface area contributed by atoms with E-state index in [4.69, 9.17) is 0 Å². The van der Waals surface area contributed by atoms with Crippen LogP contribution >= 0.6 is 15.9 Å². The lowest BCUT2D eigenvalue weighted by Gasteiger charge is -2.38. The van der Waals surface area contributed by atoms with Gasteiger partial charge in [-0.1, -0.05) is 48.2 Å². The zero-order valence-electron chi connectivity index (χ0n) is 10.7. The van der Waals surface area contributed by atoms with Gasteiger partial charge in [-0.25, -0.2) is 4.79 Å². The van der Waals surface area contributed by atoms with Crippen LogP contribution in [0, 0.1) is 5.41 Å². The van der Waals surface area contributed by atoms with E-state index in [2.05, 4.69) is 27.8 Å². The van der Waals surface area contributed by atoms with Crippen LogP contribution in [-0.4, -0.2) is 29.3 Å². The average molecular weight is 329 g/mol. The third kappa shape index (κ3) is 2.59. The lowest BCUT2D eigenvalue weighted by Crippen LogP contribution is -2.63. The van der Waals surface area contributed by atoms with Crippen molar-refractivity contribution in [3.05, 3.63) is 11.1 Å². The SMILES string of the molecule is C=C(Br)CN1C(=O)NC(=O)C2(CCCCCC2)C1=O. The minimum absolute atomic E-state index is 0.0969. The van der Waals surface area contributed by atoms with Gasteiger partial charge in [0, 0.05) is 4.48 Å². The maximum Gasteiger partial charge on any atom is 0.331 e. The standard InChI is InChI=1S/C13H17BrN2O3/c1-9(14)8-16-11(18)13(10(17)15-12(16)19)6-4-2-3-5-7-13/h1-8H2,(H,15,17,19). The fraction of sp³-hybridized carbons (Fsp3) is 0.615. The molecule has 104 valence electrons. The molecule has 5 nitrogen and oxygen atoms in total. The Labute approximate surface area is 120 Å². The molecule has 1 saturated heterocycles. The van der Waals surface area contributed by atoms with E-state index < -0.39 is 17.4 Å². The minimum atomic E-state index is -1.05. The molecule has 19 heavy (non-hydrogen) atoms. The zero-order valence-corrected chi connectivity index (χ0v) is 12.3. The van der Waals surface area contributed by atoms with E-state index in [1.54, 1.807) is 0 Å². The molecule has 6 heteroatoms. The molecule has 0 aromatic rings. The quantitative estimate of drug-likeness (QED) is 0.791. The van der Waals surface area contributed by atoms with E-state index in [-0.39, 0.29) is 12.5 Å². The number of hydrogen-bond donors (Lipinski definition) is 1. The lowest BCUT2D eigenvalue weighted by molar-refractivity contribution is -0.152. The second-order valence-corrected chi connectivity index (χ2v) is 6.29. The molecule has 1 aliphatic heterocycles. The molecule has 1 heterocycles. The summed E-state index contributed by atoms with van der Waals surface area (Å²) in [6.45, 7) is 3.74. The smallest absolute Gasteiger partial charge is 0.277 e. The number of carbonyl (C=O) groups excluding carboxylic acids is 3. The Hall–Kier alpha value is -1.17. The van der Waals surface area contributed by atoms with Gasteiger partial charge in [-0.3, -0.25) is 19.8 Å². The summed E-state index contributed by atoms with van der Waals surface area (Å²) in [4.78, 5) is 37.6. The Kier molecular flexibility index (Phi) is 4.08. The number of imide groups is 2. The van der Waals surface area contributed by atoms with Gasteiger partial charge >= 0.3 is 6.03 Å². The molecule has 1 aliphatic carbocycles. The van der Waals surface area contributed by atoms with Crippen LogP contribution in [0.15, 0.2) is 11.1 Å². The number of nitrogens with one attached hydrogen (secondary N) is 1. The van der Waals surface area contributed by atoms with Gasteiger partial charge < -0.3 is 0 Å². The van der Waals surface area contributed by atoms with Crippen LogP contribution in [0.3, 0.4) is 0 Å². The predicted octanol–water partition coefficient (Wildman–Crippen LogP) is 2.31. The number of carbonyl (C=O) groups is 3. The molecule has 1 spiro atoms. The highest BCUT2D eigenvalue weighted by molar-refractivity contribution is 9.11. The van der Waals surface area contributed by atoms with Crippen molar-refractivity contribution < 1.29 is 14.4 Å². The topological polar surface area (TPSA) is 66.5 Å². The molecule has 0 radical (unpaired) electrons. The third-order valence-corrected chi connectivity index (χ3v) is 4.09. The van der Waals surface area contributed by atoms with E-state index >= 15 is 0 Å². The van der Waals surface area contributed by atoms with Gasteiger partial charge in [0.1, 0.15) is 5.41 Å². The minimum Gasteiger partial charge on any atom is -0.277 e. The van der Waals surface area contributed by atoms with Crippen molar-refractivity contribution in [1.29, 1.82) is 0 Å². The molecule has 1 N–H and O–H groups in total. The molecule has 0 atom stereocenters. The Morgan fingerprint density at radius 2 is 1.79 bits per heavy atom. The summed E-state index contributed by atoms with van der Waals surface area (Å²) in [5, 5.41) is 2.32. The number of halogens is 1. The Bertz CT molecular complexity index is 439. The first-order valence-electron chi connectivity index (χ1n) is 6.48. The Morgan fingerprint density at radius 3 is 2.32 bits per heavy atom. The van der Waals surface area contributed by atoms with Gasteiger partial charge in [0.25, 0.3) is 0 Å². The van der Waals surface area contributed by atoms with Crippen molar-refractivity contribution in [2.45, 2.75) is 38.5 Å². The highest BCUT2D eigenvalue weighted by Gasteiger charge is 2.53. The third-order valence-electron chi connectivity index (χ3n) is 3.84. The summed E-state index contributed by atoms with van der Waals surface area (Å²) < 4.78 is 0.536. The molecular formula is C13H17BrN2O3. The summed E-state index contributed by atoms with van der Waals surface area (Å²) in [7, 11) is 0. The van der Waals surface area contributed by atoms with Crippen molar-refractivity contribution in [3.63, 3.8) is 0 Å². The first-order valence-corrected chi connectivity index (χ1v) is 7.27. The molecular weight excluding hydrogens is 312 g/mol. The van der Waals surface area contributed by atoms with Crippen molar-refractivity contribution >= 4 is 33.8 Å². The van der Waals surface area contributed by atoms with Crippen LogP contribution in [0.5, 0.6) is 0 Å². The van der Waals surface area contributed by atoms with Gasteiger partial charge in [0.15, 0.2) is 0 Å². The molecule has 2 fully saturated rings. The number of hydrogen-bond acceptors (Lipinski definition) is 3. The second kappa shape index (κ2) is 5.45. The van der Waals surface area contributed by atoms with Gasteiger partial charge in [0.05, 0.1) is 6.54 Å². The van der Waals surface area contributed by atoms with Crippen molar-refractivity contribution in [2.24, 2.45) is 5.41 Å². The average Bonchev–Trinajstić information content (AvgIpc) is 2.59. The van der Waals surface area contributed by atoms with E-state index in [0.717, 1.165) is 30.6 Å². The van der Waals surface area contributed by atoms with E-state index in [1.807, 2.05) is 0 Å². The normalized spacial score (nSPS) is 23.2. The molecule has 0 unspecified atom stereocenters. The fourth-order valence-corrected chi connectivity index (χ4v) is 3.07. The van der Waals surface area contributed by atoms with Crippen molar-refractivity contribution in [1.82, 2.24) is 10.2 Å². The zero-order chi connectivity index (χ0) is 14.0. The molecule has 0 bridgehead atoms. The van der Waals surface area contributed by atoms with Crippen LogP contribution in [0.1, 0.15) is 38.5 Å². The molecule has 1 saturated carbocycles. The lowest BCUT2D eigenvalue weighted by atomic mass is 9.77. The maximum absolute atomic E-state index is 12.6. The number of barbiturate groups is 1. The van der Waals surface area contributed by atoms with Gasteiger partial charge in [0.2, 0.25) is 11.8 Å². The molecule has 4 amide bonds. The first kappa shape index (κ1) is 14.2. The summed E-state index contributed by atoms with van der Waals surface area (Å²) in [6, 6.07) is -0.648. The molecule has 0 aromatic carbocycles. The number of amides is 4. The van der Waals surface area contributed by atoms with Crippen LogP contribution in [0.25, 0.3) is 0 Å². The van der Waals surface area contributed by atoms with Crippen LogP contribution in [-0.2, 0) is 9.59 Å². The van der Waals surface area contributed by atoms with E-state index in [0.29, 0.717) is 17.3 Å². The molecule has 2 rings (SSSR count). The summed E-state index contributed by atoms with van der Waals surface area (Å²) >= 11 is 3.15. The summed E-state index contributed by atoms with van der Waals surface area (Å²) in [5.41, 5.74) is -1.05. The van der Waals surface area contributed by atoms with Crippen LogP contribution in [0.2, 0.25) is 0 Å². The molecule has 2 aliphatic rings. The van der Waals surface area contributed by atoms with Crippen LogP contribution in [0.4, 0.5) is 4.79 Å². The Balaban J connectivity index is 2.31. The van der Waals surface area contributed by atoms with E-state index in [9.17, 15) is 14.4 Å². The number of nitrogens with zero attached hydrogens (tertiary/aromatic N) is 1. The van der Waals surface area contributed by atoms with Gasteiger partial charge in [-0.2, -0.15) is 0 Å². The summed E-state index contributed by atoms with van der Waals surface area (Å²) in [6.07, 6.45) is 4.79. The fourth-order valence-electron chi connectivity index (χ4n) is 2.82. The summed E-state index contributed by atoms with van der Waals surface area (Å²) in [5.74, 6) is -0.801. The number of rotatable bonds is 2. The monoisotopic (exact) mass is 328 g/mol. The van der Waals surface area contributed by atoms with Gasteiger partial charge in [-0.05, 0) is 12.8 Å². The number of urea groups is 1. The van der Waals surface area contributed by atoms with Crippen molar-refractivity contribution in [3.8, 4) is 0 Å². The van der Waals surface area contributed by atoms with Crippen molar-refractivity contribution in [2.75, 3.05) is 6.54 Å². The largest absolute Gasteiger partial charge is 0.331 e. The molecule has 0 aromatic heterocycles. The highest BCUT2D eigenvalue weighted by atomic mass is 79.9. The predicted molar refractivity (Wildman–Crippen MR) is 73.5 cm³/mol.